The number of rotatable bonds is 2. The smallest absolute Gasteiger partial charge is 0.270 e. The van der Waals surface area contributed by atoms with E-state index in [0.29, 0.717) is 5.75 Å². The van der Waals surface area contributed by atoms with Gasteiger partial charge in [-0.05, 0) is 6.07 Å². The van der Waals surface area contributed by atoms with E-state index >= 15 is 0 Å². The summed E-state index contributed by atoms with van der Waals surface area (Å²) < 4.78 is 6.08. The Morgan fingerprint density at radius 2 is 2.29 bits per heavy atom. The van der Waals surface area contributed by atoms with Gasteiger partial charge in [-0.15, -0.1) is 11.3 Å². The molecule has 72 valence electrons. The van der Waals surface area contributed by atoms with E-state index < -0.39 is 4.92 Å². The van der Waals surface area contributed by atoms with Crippen LogP contribution in [0.25, 0.3) is 10.1 Å². The molecule has 0 amide bonds. The van der Waals surface area contributed by atoms with Gasteiger partial charge in [0.15, 0.2) is 0 Å². The van der Waals surface area contributed by atoms with E-state index in [2.05, 4.69) is 0 Å². The highest BCUT2D eigenvalue weighted by Crippen LogP contribution is 2.34. The minimum atomic E-state index is -0.406. The molecule has 0 aliphatic heterocycles. The minimum absolute atomic E-state index is 0.0919. The maximum atomic E-state index is 10.5. The van der Waals surface area contributed by atoms with E-state index in [9.17, 15) is 10.1 Å². The van der Waals surface area contributed by atoms with Crippen molar-refractivity contribution in [3.63, 3.8) is 0 Å². The molecule has 0 saturated heterocycles. The lowest BCUT2D eigenvalue weighted by Crippen LogP contribution is -1.87. The van der Waals surface area contributed by atoms with Crippen molar-refractivity contribution in [2.45, 2.75) is 0 Å². The van der Waals surface area contributed by atoms with Crippen LogP contribution in [-0.4, -0.2) is 12.0 Å². The van der Waals surface area contributed by atoms with E-state index in [-0.39, 0.29) is 5.69 Å². The van der Waals surface area contributed by atoms with E-state index in [4.69, 9.17) is 4.74 Å². The summed E-state index contributed by atoms with van der Waals surface area (Å²) in [5.41, 5.74) is 0.0919. The van der Waals surface area contributed by atoms with E-state index in [1.54, 1.807) is 13.2 Å². The number of nitrogens with zero attached hydrogens (tertiary/aromatic N) is 1. The molecule has 0 atom stereocenters. The van der Waals surface area contributed by atoms with Crippen LogP contribution in [0.2, 0.25) is 0 Å². The summed E-state index contributed by atoms with van der Waals surface area (Å²) in [6.07, 6.45) is 0. The Bertz CT molecular complexity index is 492. The molecular weight excluding hydrogens is 202 g/mol. The molecule has 0 radical (unpaired) electrons. The third-order valence-electron chi connectivity index (χ3n) is 1.95. The number of methoxy groups -OCH3 is 1. The highest BCUT2D eigenvalue weighted by molar-refractivity contribution is 7.17. The van der Waals surface area contributed by atoms with Crippen molar-refractivity contribution in [2.24, 2.45) is 0 Å². The third kappa shape index (κ3) is 1.31. The zero-order valence-electron chi connectivity index (χ0n) is 7.39. The van der Waals surface area contributed by atoms with Gasteiger partial charge in [-0.1, -0.05) is 0 Å². The molecule has 14 heavy (non-hydrogen) atoms. The molecule has 5 heteroatoms. The van der Waals surface area contributed by atoms with E-state index in [0.717, 1.165) is 10.1 Å². The molecule has 2 aromatic rings. The quantitative estimate of drug-likeness (QED) is 0.564. The fraction of sp³-hybridized carbons (Fsp3) is 0.111. The summed E-state index contributed by atoms with van der Waals surface area (Å²) in [7, 11) is 1.56. The van der Waals surface area contributed by atoms with Crippen LogP contribution < -0.4 is 4.74 Å². The number of benzene rings is 1. The van der Waals surface area contributed by atoms with Gasteiger partial charge in [0, 0.05) is 27.6 Å². The second kappa shape index (κ2) is 3.26. The number of non-ortho nitro benzene ring substituents is 1. The molecule has 0 fully saturated rings. The summed E-state index contributed by atoms with van der Waals surface area (Å²) >= 11 is 1.51. The van der Waals surface area contributed by atoms with Crippen LogP contribution in [0.15, 0.2) is 23.6 Å². The van der Waals surface area contributed by atoms with Crippen LogP contribution in [0.1, 0.15) is 0 Å². The molecule has 0 spiro atoms. The van der Waals surface area contributed by atoms with Crippen molar-refractivity contribution < 1.29 is 9.66 Å². The molecule has 0 N–H and O–H groups in total. The zero-order valence-corrected chi connectivity index (χ0v) is 8.21. The predicted octanol–water partition coefficient (Wildman–Crippen LogP) is 2.82. The van der Waals surface area contributed by atoms with Gasteiger partial charge in [0.25, 0.3) is 5.69 Å². The third-order valence-corrected chi connectivity index (χ3v) is 2.89. The van der Waals surface area contributed by atoms with E-state index in [1.165, 1.54) is 23.5 Å². The topological polar surface area (TPSA) is 52.4 Å². The van der Waals surface area contributed by atoms with Crippen LogP contribution >= 0.6 is 11.3 Å². The molecular formula is C9H7NO3S. The molecule has 4 nitrogen and oxygen atoms in total. The zero-order chi connectivity index (χ0) is 10.1. The SMILES string of the molecule is COc1csc2ccc([N+](=O)[O-])cc12. The molecule has 0 aliphatic carbocycles. The normalized spacial score (nSPS) is 10.4. The van der Waals surface area contributed by atoms with Gasteiger partial charge >= 0.3 is 0 Å². The molecule has 1 heterocycles. The van der Waals surface area contributed by atoms with Crippen molar-refractivity contribution in [1.29, 1.82) is 0 Å². The largest absolute Gasteiger partial charge is 0.495 e. The van der Waals surface area contributed by atoms with Crippen molar-refractivity contribution in [2.75, 3.05) is 7.11 Å². The molecule has 1 aromatic heterocycles. The minimum Gasteiger partial charge on any atom is -0.495 e. The standard InChI is InChI=1S/C9H7NO3S/c1-13-8-5-14-9-3-2-6(10(11)12)4-7(8)9/h2-5H,1H3. The average molecular weight is 209 g/mol. The summed E-state index contributed by atoms with van der Waals surface area (Å²) in [6, 6.07) is 4.77. The Labute approximate surface area is 83.9 Å². The second-order valence-electron chi connectivity index (χ2n) is 2.74. The lowest BCUT2D eigenvalue weighted by Gasteiger charge is -1.96. The molecule has 0 aliphatic rings. The van der Waals surface area contributed by atoms with Crippen molar-refractivity contribution in [3.8, 4) is 5.75 Å². The number of nitro groups is 1. The van der Waals surface area contributed by atoms with Crippen LogP contribution in [0.3, 0.4) is 0 Å². The summed E-state index contributed by atoms with van der Waals surface area (Å²) in [4.78, 5) is 10.1. The summed E-state index contributed by atoms with van der Waals surface area (Å²) in [5.74, 6) is 0.689. The number of fused-ring (bicyclic) bond motifs is 1. The average Bonchev–Trinajstić information content (AvgIpc) is 2.59. The first-order chi connectivity index (χ1) is 6.72. The molecule has 0 unspecified atom stereocenters. The number of hydrogen-bond acceptors (Lipinski definition) is 4. The Hall–Kier alpha value is -1.62. The predicted molar refractivity (Wildman–Crippen MR) is 55.0 cm³/mol. The maximum absolute atomic E-state index is 10.5. The first-order valence-corrected chi connectivity index (χ1v) is 4.80. The van der Waals surface area contributed by atoms with Crippen LogP contribution in [0, 0.1) is 10.1 Å². The number of thiophene rings is 1. The van der Waals surface area contributed by atoms with Crippen LogP contribution in [0.4, 0.5) is 5.69 Å². The second-order valence-corrected chi connectivity index (χ2v) is 3.65. The van der Waals surface area contributed by atoms with Gasteiger partial charge in [0.2, 0.25) is 0 Å². The number of ether oxygens (including phenoxy) is 1. The number of nitro benzene ring substituents is 1. The maximum Gasteiger partial charge on any atom is 0.270 e. The van der Waals surface area contributed by atoms with Gasteiger partial charge in [-0.25, -0.2) is 0 Å². The van der Waals surface area contributed by atoms with Crippen LogP contribution in [-0.2, 0) is 0 Å². The molecule has 0 bridgehead atoms. The lowest BCUT2D eigenvalue weighted by atomic mass is 10.2. The van der Waals surface area contributed by atoms with Crippen molar-refractivity contribution >= 4 is 27.1 Å². The van der Waals surface area contributed by atoms with Crippen LogP contribution in [0.5, 0.6) is 5.75 Å². The lowest BCUT2D eigenvalue weighted by molar-refractivity contribution is -0.384. The Morgan fingerprint density at radius 1 is 1.50 bits per heavy atom. The first-order valence-electron chi connectivity index (χ1n) is 3.92. The van der Waals surface area contributed by atoms with Gasteiger partial charge in [0.05, 0.1) is 12.0 Å². The monoisotopic (exact) mass is 209 g/mol. The summed E-state index contributed by atoms with van der Waals surface area (Å²) in [6.45, 7) is 0. The fourth-order valence-electron chi connectivity index (χ4n) is 1.27. The first kappa shape index (κ1) is 8.96. The Balaban J connectivity index is 2.67. The molecule has 2 rings (SSSR count). The summed E-state index contributed by atoms with van der Waals surface area (Å²) in [5, 5.41) is 13.2. The van der Waals surface area contributed by atoms with Gasteiger partial charge < -0.3 is 4.74 Å². The van der Waals surface area contributed by atoms with Gasteiger partial charge in [-0.2, -0.15) is 0 Å². The number of hydrogen-bond donors (Lipinski definition) is 0. The molecule has 0 saturated carbocycles. The van der Waals surface area contributed by atoms with E-state index in [1.807, 2.05) is 5.38 Å². The molecule has 1 aromatic carbocycles. The van der Waals surface area contributed by atoms with Crippen molar-refractivity contribution in [3.05, 3.63) is 33.7 Å². The Morgan fingerprint density at radius 3 is 2.93 bits per heavy atom. The Kier molecular flexibility index (Phi) is 2.09. The highest BCUT2D eigenvalue weighted by Gasteiger charge is 2.10. The van der Waals surface area contributed by atoms with Gasteiger partial charge in [-0.3, -0.25) is 10.1 Å². The highest BCUT2D eigenvalue weighted by atomic mass is 32.1. The van der Waals surface area contributed by atoms with Gasteiger partial charge in [0.1, 0.15) is 5.75 Å². The van der Waals surface area contributed by atoms with Crippen molar-refractivity contribution in [1.82, 2.24) is 0 Å². The fourth-order valence-corrected chi connectivity index (χ4v) is 2.16.